The van der Waals surface area contributed by atoms with E-state index >= 15 is 0 Å². The first kappa shape index (κ1) is 11.9. The Hall–Kier alpha value is -0.540. The number of para-hydroxylation sites is 1. The average Bonchev–Trinajstić information content (AvgIpc) is 2.54. The van der Waals surface area contributed by atoms with Gasteiger partial charge in [-0.1, -0.05) is 12.1 Å². The molecule has 2 nitrogen and oxygen atoms in total. The van der Waals surface area contributed by atoms with E-state index in [1.807, 2.05) is 7.05 Å². The van der Waals surface area contributed by atoms with Gasteiger partial charge in [-0.15, -0.1) is 0 Å². The highest BCUT2D eigenvalue weighted by Crippen LogP contribution is 2.37. The number of hydrogen-bond donors (Lipinski definition) is 1. The van der Waals surface area contributed by atoms with Gasteiger partial charge >= 0.3 is 0 Å². The molecule has 0 saturated carbocycles. The topological polar surface area (TPSA) is 15.3 Å². The molecule has 1 fully saturated rings. The number of rotatable bonds is 2. The minimum Gasteiger partial charge on any atom is -0.364 e. The van der Waals surface area contributed by atoms with E-state index in [4.69, 9.17) is 0 Å². The van der Waals surface area contributed by atoms with Crippen molar-refractivity contribution in [2.75, 3.05) is 18.5 Å². The predicted molar refractivity (Wildman–Crippen MR) is 73.0 cm³/mol. The van der Waals surface area contributed by atoms with E-state index in [1.54, 1.807) is 0 Å². The van der Waals surface area contributed by atoms with Crippen LogP contribution in [0.2, 0.25) is 0 Å². The van der Waals surface area contributed by atoms with Gasteiger partial charge in [-0.3, -0.25) is 0 Å². The summed E-state index contributed by atoms with van der Waals surface area (Å²) in [6.45, 7) is 5.69. The monoisotopic (exact) mass is 282 g/mol. The van der Waals surface area contributed by atoms with Crippen LogP contribution in [0.5, 0.6) is 0 Å². The lowest BCUT2D eigenvalue weighted by Gasteiger charge is -2.34. The van der Waals surface area contributed by atoms with Crippen molar-refractivity contribution in [3.63, 3.8) is 0 Å². The summed E-state index contributed by atoms with van der Waals surface area (Å²) in [6, 6.07) is 9.04. The highest BCUT2D eigenvalue weighted by molar-refractivity contribution is 9.10. The minimum absolute atomic E-state index is 0.220. The van der Waals surface area contributed by atoms with Gasteiger partial charge < -0.3 is 10.2 Å². The molecule has 0 aliphatic carbocycles. The second kappa shape index (κ2) is 4.38. The third-order valence-electron chi connectivity index (χ3n) is 3.43. The van der Waals surface area contributed by atoms with E-state index in [-0.39, 0.29) is 5.54 Å². The molecular weight excluding hydrogens is 264 g/mol. The zero-order valence-electron chi connectivity index (χ0n) is 10.1. The molecule has 1 aliphatic rings. The Morgan fingerprint density at radius 3 is 2.62 bits per heavy atom. The van der Waals surface area contributed by atoms with Gasteiger partial charge in [-0.2, -0.15) is 0 Å². The Balaban J connectivity index is 2.31. The predicted octanol–water partition coefficient (Wildman–Crippen LogP) is 3.03. The Bertz CT molecular complexity index is 376. The highest BCUT2D eigenvalue weighted by atomic mass is 79.9. The van der Waals surface area contributed by atoms with Crippen molar-refractivity contribution < 1.29 is 0 Å². The smallest absolute Gasteiger partial charge is 0.0515 e. The quantitative estimate of drug-likeness (QED) is 0.897. The van der Waals surface area contributed by atoms with Gasteiger partial charge in [0.1, 0.15) is 0 Å². The normalized spacial score (nSPS) is 23.8. The van der Waals surface area contributed by atoms with Crippen molar-refractivity contribution in [3.8, 4) is 0 Å². The summed E-state index contributed by atoms with van der Waals surface area (Å²) in [6.07, 6.45) is 1.19. The molecule has 3 heteroatoms. The van der Waals surface area contributed by atoms with Gasteiger partial charge in [0, 0.05) is 22.6 Å². The van der Waals surface area contributed by atoms with Crippen LogP contribution in [-0.4, -0.2) is 25.2 Å². The van der Waals surface area contributed by atoms with E-state index in [1.165, 1.54) is 16.6 Å². The molecule has 1 aromatic rings. The number of anilines is 1. The Morgan fingerprint density at radius 2 is 2.06 bits per heavy atom. The molecule has 1 N–H and O–H groups in total. The lowest BCUT2D eigenvalue weighted by molar-refractivity contribution is 0.487. The maximum atomic E-state index is 3.64. The molecule has 16 heavy (non-hydrogen) atoms. The minimum atomic E-state index is 0.220. The summed E-state index contributed by atoms with van der Waals surface area (Å²) in [4.78, 5) is 2.48. The standard InChI is InChI=1S/C13H19BrN2/c1-13(2)8-10(15-3)9-16(13)12-7-5-4-6-11(12)14/h4-7,10,15H,8-9H2,1-3H3. The number of nitrogens with one attached hydrogen (secondary N) is 1. The van der Waals surface area contributed by atoms with Gasteiger partial charge in [0.05, 0.1) is 5.69 Å². The van der Waals surface area contributed by atoms with Gasteiger partial charge in [-0.25, -0.2) is 0 Å². The molecule has 0 spiro atoms. The molecule has 1 saturated heterocycles. The maximum absolute atomic E-state index is 3.64. The summed E-state index contributed by atoms with van der Waals surface area (Å²) in [5.74, 6) is 0. The molecule has 1 heterocycles. The van der Waals surface area contributed by atoms with E-state index in [0.29, 0.717) is 6.04 Å². The summed E-state index contributed by atoms with van der Waals surface area (Å²) in [5.41, 5.74) is 1.52. The van der Waals surface area contributed by atoms with Crippen molar-refractivity contribution in [3.05, 3.63) is 28.7 Å². The second-order valence-electron chi connectivity index (χ2n) is 5.06. The van der Waals surface area contributed by atoms with Crippen LogP contribution in [0.1, 0.15) is 20.3 Å². The SMILES string of the molecule is CNC1CN(c2ccccc2Br)C(C)(C)C1. The molecule has 2 rings (SSSR count). The number of likely N-dealkylation sites (N-methyl/N-ethyl adjacent to an activating group) is 1. The number of benzene rings is 1. The molecular formula is C13H19BrN2. The molecule has 0 bridgehead atoms. The van der Waals surface area contributed by atoms with Crippen LogP contribution >= 0.6 is 15.9 Å². The van der Waals surface area contributed by atoms with Crippen LogP contribution in [0.3, 0.4) is 0 Å². The summed E-state index contributed by atoms with van der Waals surface area (Å²) >= 11 is 3.64. The third kappa shape index (κ3) is 2.11. The van der Waals surface area contributed by atoms with Crippen LogP contribution in [-0.2, 0) is 0 Å². The van der Waals surface area contributed by atoms with E-state index in [9.17, 15) is 0 Å². The van der Waals surface area contributed by atoms with Gasteiger partial charge in [-0.05, 0) is 55.4 Å². The molecule has 1 aliphatic heterocycles. The fourth-order valence-electron chi connectivity index (χ4n) is 2.53. The zero-order valence-corrected chi connectivity index (χ0v) is 11.7. The van der Waals surface area contributed by atoms with Crippen LogP contribution < -0.4 is 10.2 Å². The van der Waals surface area contributed by atoms with Crippen molar-refractivity contribution in [2.45, 2.75) is 31.8 Å². The lowest BCUT2D eigenvalue weighted by atomic mass is 10.00. The van der Waals surface area contributed by atoms with Crippen LogP contribution in [0, 0.1) is 0 Å². The zero-order chi connectivity index (χ0) is 11.8. The Labute approximate surface area is 106 Å². The fraction of sp³-hybridized carbons (Fsp3) is 0.538. The number of nitrogens with zero attached hydrogens (tertiary/aromatic N) is 1. The first-order chi connectivity index (χ1) is 7.54. The maximum Gasteiger partial charge on any atom is 0.0515 e. The fourth-order valence-corrected chi connectivity index (χ4v) is 3.03. The van der Waals surface area contributed by atoms with E-state index in [2.05, 4.69) is 64.3 Å². The van der Waals surface area contributed by atoms with Crippen LogP contribution in [0.4, 0.5) is 5.69 Å². The number of halogens is 1. The van der Waals surface area contributed by atoms with Crippen molar-refractivity contribution >= 4 is 21.6 Å². The second-order valence-corrected chi connectivity index (χ2v) is 5.92. The third-order valence-corrected chi connectivity index (χ3v) is 4.10. The van der Waals surface area contributed by atoms with E-state index in [0.717, 1.165) is 6.54 Å². The van der Waals surface area contributed by atoms with Gasteiger partial charge in [0.2, 0.25) is 0 Å². The molecule has 0 aromatic heterocycles. The van der Waals surface area contributed by atoms with Crippen LogP contribution in [0.15, 0.2) is 28.7 Å². The first-order valence-electron chi connectivity index (χ1n) is 5.74. The average molecular weight is 283 g/mol. The summed E-state index contributed by atoms with van der Waals surface area (Å²) in [5, 5.41) is 3.38. The Morgan fingerprint density at radius 1 is 1.38 bits per heavy atom. The van der Waals surface area contributed by atoms with Gasteiger partial charge in [0.15, 0.2) is 0 Å². The lowest BCUT2D eigenvalue weighted by Crippen LogP contribution is -2.38. The van der Waals surface area contributed by atoms with E-state index < -0.39 is 0 Å². The number of hydrogen-bond acceptors (Lipinski definition) is 2. The molecule has 1 unspecified atom stereocenters. The van der Waals surface area contributed by atoms with Crippen molar-refractivity contribution in [1.82, 2.24) is 5.32 Å². The molecule has 1 aromatic carbocycles. The van der Waals surface area contributed by atoms with Crippen LogP contribution in [0.25, 0.3) is 0 Å². The molecule has 0 radical (unpaired) electrons. The molecule has 1 atom stereocenters. The van der Waals surface area contributed by atoms with Gasteiger partial charge in [0.25, 0.3) is 0 Å². The summed E-state index contributed by atoms with van der Waals surface area (Å²) < 4.78 is 1.18. The van der Waals surface area contributed by atoms with Crippen molar-refractivity contribution in [1.29, 1.82) is 0 Å². The first-order valence-corrected chi connectivity index (χ1v) is 6.53. The molecule has 0 amide bonds. The summed E-state index contributed by atoms with van der Waals surface area (Å²) in [7, 11) is 2.05. The largest absolute Gasteiger partial charge is 0.364 e. The highest BCUT2D eigenvalue weighted by Gasteiger charge is 2.38. The van der Waals surface area contributed by atoms with Crippen molar-refractivity contribution in [2.24, 2.45) is 0 Å². The molecule has 88 valence electrons. The Kier molecular flexibility index (Phi) is 3.27.